The maximum Gasteiger partial charge on any atom is 0.433 e. The number of nitro groups is 1. The van der Waals surface area contributed by atoms with Crippen molar-refractivity contribution in [1.29, 1.82) is 0 Å². The number of benzene rings is 1. The lowest BCUT2D eigenvalue weighted by Gasteiger charge is -2.03. The van der Waals surface area contributed by atoms with E-state index >= 15 is 0 Å². The Morgan fingerprint density at radius 2 is 2.14 bits per heavy atom. The highest BCUT2D eigenvalue weighted by Crippen LogP contribution is 2.26. The molecule has 7 nitrogen and oxygen atoms in total. The van der Waals surface area contributed by atoms with Gasteiger partial charge in [0.1, 0.15) is 4.92 Å². The fourth-order valence-electron chi connectivity index (χ4n) is 1.61. The lowest BCUT2D eigenvalue weighted by atomic mass is 10.1. The molecule has 0 radical (unpaired) electrons. The van der Waals surface area contributed by atoms with Gasteiger partial charge in [-0.3, -0.25) is 14.9 Å². The first kappa shape index (κ1) is 14.3. The van der Waals surface area contributed by atoms with E-state index in [0.717, 1.165) is 6.07 Å². The van der Waals surface area contributed by atoms with Gasteiger partial charge in [0.2, 0.25) is 5.78 Å². The first-order valence-electron chi connectivity index (χ1n) is 5.85. The number of phenolic OH excluding ortho intramolecular Hbond substituents is 1. The first-order valence-corrected chi connectivity index (χ1v) is 5.85. The highest BCUT2D eigenvalue weighted by Gasteiger charge is 2.15. The molecule has 0 aliphatic heterocycles. The minimum absolute atomic E-state index is 0.0114. The number of methoxy groups -OCH3 is 1. The van der Waals surface area contributed by atoms with E-state index in [1.165, 1.54) is 31.4 Å². The molecule has 0 saturated carbocycles. The van der Waals surface area contributed by atoms with Gasteiger partial charge in [-0.25, -0.2) is 0 Å². The number of aromatic hydroxyl groups is 1. The summed E-state index contributed by atoms with van der Waals surface area (Å²) in [6.07, 6.45) is 2.70. The highest BCUT2D eigenvalue weighted by atomic mass is 16.6. The van der Waals surface area contributed by atoms with E-state index in [2.05, 4.69) is 0 Å². The van der Waals surface area contributed by atoms with E-state index in [4.69, 9.17) is 9.15 Å². The third-order valence-electron chi connectivity index (χ3n) is 2.65. The van der Waals surface area contributed by atoms with Gasteiger partial charge in [-0.05, 0) is 29.8 Å². The van der Waals surface area contributed by atoms with Crippen LogP contribution in [0.3, 0.4) is 0 Å². The number of allylic oxidation sites excluding steroid dienone is 1. The summed E-state index contributed by atoms with van der Waals surface area (Å²) < 4.78 is 9.74. The maximum absolute atomic E-state index is 11.8. The van der Waals surface area contributed by atoms with Crippen LogP contribution in [0.15, 0.2) is 40.8 Å². The molecule has 0 spiro atoms. The number of hydrogen-bond acceptors (Lipinski definition) is 6. The predicted octanol–water partition coefficient (Wildman–Crippen LogP) is 2.80. The number of carbonyl (C=O) groups is 1. The molecule has 0 atom stereocenters. The monoisotopic (exact) mass is 289 g/mol. The number of nitrogens with zero attached hydrogens (tertiary/aromatic N) is 1. The second-order valence-corrected chi connectivity index (χ2v) is 4.02. The molecule has 0 aliphatic rings. The summed E-state index contributed by atoms with van der Waals surface area (Å²) in [5, 5.41) is 19.9. The van der Waals surface area contributed by atoms with Crippen LogP contribution in [-0.4, -0.2) is 22.9 Å². The normalized spacial score (nSPS) is 10.7. The second-order valence-electron chi connectivity index (χ2n) is 4.02. The predicted molar refractivity (Wildman–Crippen MR) is 73.4 cm³/mol. The number of carbonyl (C=O) groups excluding carboxylic acids is 1. The van der Waals surface area contributed by atoms with Gasteiger partial charge < -0.3 is 14.3 Å². The summed E-state index contributed by atoms with van der Waals surface area (Å²) in [4.78, 5) is 21.5. The largest absolute Gasteiger partial charge is 0.504 e. The van der Waals surface area contributed by atoms with Gasteiger partial charge in [0, 0.05) is 0 Å². The Kier molecular flexibility index (Phi) is 4.03. The number of ketones is 1. The van der Waals surface area contributed by atoms with Crippen LogP contribution in [0.25, 0.3) is 6.08 Å². The fraction of sp³-hybridized carbons (Fsp3) is 0.0714. The molecule has 0 saturated heterocycles. The minimum Gasteiger partial charge on any atom is -0.504 e. The third kappa shape index (κ3) is 3.27. The van der Waals surface area contributed by atoms with Crippen molar-refractivity contribution in [3.63, 3.8) is 0 Å². The molecule has 0 unspecified atom stereocenters. The summed E-state index contributed by atoms with van der Waals surface area (Å²) in [7, 11) is 1.41. The lowest BCUT2D eigenvalue weighted by Crippen LogP contribution is -1.91. The molecular weight excluding hydrogens is 278 g/mol. The van der Waals surface area contributed by atoms with Gasteiger partial charge in [0.25, 0.3) is 0 Å². The summed E-state index contributed by atoms with van der Waals surface area (Å²) in [6.45, 7) is 0. The zero-order valence-electron chi connectivity index (χ0n) is 11.0. The van der Waals surface area contributed by atoms with Crippen molar-refractivity contribution < 1.29 is 24.0 Å². The van der Waals surface area contributed by atoms with E-state index in [0.29, 0.717) is 5.56 Å². The quantitative estimate of drug-likeness (QED) is 0.393. The minimum atomic E-state index is -0.717. The van der Waals surface area contributed by atoms with Crippen molar-refractivity contribution in [1.82, 2.24) is 0 Å². The summed E-state index contributed by atoms with van der Waals surface area (Å²) in [5.41, 5.74) is 0.624. The molecule has 0 bridgehead atoms. The number of rotatable bonds is 5. The summed E-state index contributed by atoms with van der Waals surface area (Å²) in [5.74, 6) is -0.849. The molecule has 0 amide bonds. The van der Waals surface area contributed by atoms with E-state index in [-0.39, 0.29) is 17.3 Å². The molecule has 21 heavy (non-hydrogen) atoms. The van der Waals surface area contributed by atoms with Gasteiger partial charge in [0.15, 0.2) is 17.3 Å². The van der Waals surface area contributed by atoms with E-state index < -0.39 is 16.6 Å². The molecule has 7 heteroatoms. The van der Waals surface area contributed by atoms with Gasteiger partial charge >= 0.3 is 5.88 Å². The second kappa shape index (κ2) is 5.91. The van der Waals surface area contributed by atoms with Gasteiger partial charge in [-0.2, -0.15) is 0 Å². The van der Waals surface area contributed by atoms with Crippen LogP contribution in [0.4, 0.5) is 5.88 Å². The van der Waals surface area contributed by atoms with Crippen LogP contribution in [0.2, 0.25) is 0 Å². The smallest absolute Gasteiger partial charge is 0.433 e. The molecule has 1 aromatic carbocycles. The zero-order chi connectivity index (χ0) is 15.4. The average molecular weight is 289 g/mol. The summed E-state index contributed by atoms with van der Waals surface area (Å²) >= 11 is 0. The van der Waals surface area contributed by atoms with Crippen LogP contribution in [0.5, 0.6) is 11.5 Å². The Morgan fingerprint density at radius 1 is 1.38 bits per heavy atom. The van der Waals surface area contributed by atoms with Crippen molar-refractivity contribution in [2.75, 3.05) is 7.11 Å². The Morgan fingerprint density at radius 3 is 2.76 bits per heavy atom. The molecule has 2 aromatic rings. The van der Waals surface area contributed by atoms with Crippen LogP contribution >= 0.6 is 0 Å². The topological polar surface area (TPSA) is 103 Å². The first-order chi connectivity index (χ1) is 10.0. The zero-order valence-corrected chi connectivity index (χ0v) is 11.0. The van der Waals surface area contributed by atoms with Crippen LogP contribution in [0, 0.1) is 10.1 Å². The van der Waals surface area contributed by atoms with Crippen molar-refractivity contribution in [3.8, 4) is 11.5 Å². The average Bonchev–Trinajstić information content (AvgIpc) is 2.96. The molecule has 108 valence electrons. The Balaban J connectivity index is 2.16. The number of furan rings is 1. The maximum atomic E-state index is 11.8. The summed E-state index contributed by atoms with van der Waals surface area (Å²) in [6, 6.07) is 6.92. The van der Waals surface area contributed by atoms with E-state index in [1.807, 2.05) is 0 Å². The van der Waals surface area contributed by atoms with Crippen molar-refractivity contribution in [3.05, 3.63) is 57.8 Å². The van der Waals surface area contributed by atoms with Crippen LogP contribution < -0.4 is 4.74 Å². The molecule has 1 aromatic heterocycles. The number of phenols is 1. The Hall–Kier alpha value is -3.09. The Labute approximate surface area is 119 Å². The molecular formula is C14H11NO6. The number of hydrogen-bond donors (Lipinski definition) is 1. The van der Waals surface area contributed by atoms with Crippen molar-refractivity contribution >= 4 is 17.7 Å². The standard InChI is InChI=1S/C14H11NO6/c1-20-13-8-9(3-5-11(13)17)2-4-10(16)12-6-7-14(21-12)15(18)19/h2-8,17H,1H3/b4-2+. The number of ether oxygens (including phenoxy) is 1. The molecule has 0 aliphatic carbocycles. The highest BCUT2D eigenvalue weighted by molar-refractivity contribution is 6.05. The SMILES string of the molecule is COc1cc(/C=C/C(=O)c2ccc([N+](=O)[O-])o2)ccc1O. The molecule has 1 heterocycles. The third-order valence-corrected chi connectivity index (χ3v) is 2.65. The fourth-order valence-corrected chi connectivity index (χ4v) is 1.61. The van der Waals surface area contributed by atoms with Gasteiger partial charge in [0.05, 0.1) is 13.2 Å². The van der Waals surface area contributed by atoms with Crippen molar-refractivity contribution in [2.45, 2.75) is 0 Å². The van der Waals surface area contributed by atoms with Crippen LogP contribution in [-0.2, 0) is 0 Å². The van der Waals surface area contributed by atoms with Crippen LogP contribution in [0.1, 0.15) is 16.1 Å². The van der Waals surface area contributed by atoms with Gasteiger partial charge in [-0.1, -0.05) is 12.1 Å². The van der Waals surface area contributed by atoms with E-state index in [1.54, 1.807) is 12.1 Å². The molecule has 1 N–H and O–H groups in total. The lowest BCUT2D eigenvalue weighted by molar-refractivity contribution is -0.402. The Bertz CT molecular complexity index is 716. The van der Waals surface area contributed by atoms with Crippen molar-refractivity contribution in [2.24, 2.45) is 0 Å². The van der Waals surface area contributed by atoms with E-state index in [9.17, 15) is 20.0 Å². The molecule has 2 rings (SSSR count). The molecule has 0 fully saturated rings. The van der Waals surface area contributed by atoms with Gasteiger partial charge in [-0.15, -0.1) is 0 Å².